The lowest BCUT2D eigenvalue weighted by atomic mass is 9.92. The molecule has 0 rings (SSSR count). The SMILES string of the molecule is CC(=O)CC(=O)C(CC(C)=O)C(C)=O. The van der Waals surface area contributed by atoms with E-state index in [0.717, 1.165) is 0 Å². The number of hydrogen-bond acceptors (Lipinski definition) is 4. The van der Waals surface area contributed by atoms with E-state index in [1.165, 1.54) is 20.8 Å². The van der Waals surface area contributed by atoms with Crippen LogP contribution < -0.4 is 0 Å². The predicted molar refractivity (Wildman–Crippen MR) is 49.8 cm³/mol. The summed E-state index contributed by atoms with van der Waals surface area (Å²) in [5.41, 5.74) is 0. The van der Waals surface area contributed by atoms with Crippen LogP contribution in [-0.4, -0.2) is 23.1 Å². The van der Waals surface area contributed by atoms with Crippen molar-refractivity contribution in [1.82, 2.24) is 0 Å². The Morgan fingerprint density at radius 3 is 1.71 bits per heavy atom. The molecule has 0 aliphatic rings. The molecule has 0 aromatic rings. The van der Waals surface area contributed by atoms with Gasteiger partial charge >= 0.3 is 0 Å². The van der Waals surface area contributed by atoms with Gasteiger partial charge in [-0.25, -0.2) is 0 Å². The van der Waals surface area contributed by atoms with E-state index in [1.54, 1.807) is 0 Å². The van der Waals surface area contributed by atoms with E-state index >= 15 is 0 Å². The number of carbonyl (C=O) groups is 4. The highest BCUT2D eigenvalue weighted by molar-refractivity contribution is 6.10. The van der Waals surface area contributed by atoms with Crippen LogP contribution in [0.1, 0.15) is 33.6 Å². The summed E-state index contributed by atoms with van der Waals surface area (Å²) in [4.78, 5) is 43.8. The molecule has 78 valence electrons. The summed E-state index contributed by atoms with van der Waals surface area (Å²) in [5, 5.41) is 0. The Morgan fingerprint density at radius 1 is 0.929 bits per heavy atom. The molecule has 0 fully saturated rings. The Hall–Kier alpha value is -1.32. The number of Topliss-reactive ketones (excluding diaryl/α,β-unsaturated/α-hetero) is 4. The summed E-state index contributed by atoms with van der Waals surface area (Å²) in [5.74, 6) is -2.25. The van der Waals surface area contributed by atoms with Crippen molar-refractivity contribution in [2.75, 3.05) is 0 Å². The zero-order chi connectivity index (χ0) is 11.3. The van der Waals surface area contributed by atoms with Crippen LogP contribution in [0.2, 0.25) is 0 Å². The van der Waals surface area contributed by atoms with Crippen LogP contribution in [0.5, 0.6) is 0 Å². The first-order valence-corrected chi connectivity index (χ1v) is 4.36. The minimum Gasteiger partial charge on any atom is -0.300 e. The largest absolute Gasteiger partial charge is 0.300 e. The Bertz CT molecular complexity index is 278. The van der Waals surface area contributed by atoms with Crippen molar-refractivity contribution in [3.05, 3.63) is 0 Å². The molecule has 1 unspecified atom stereocenters. The second-order valence-electron chi connectivity index (χ2n) is 3.41. The van der Waals surface area contributed by atoms with Crippen LogP contribution in [0, 0.1) is 5.92 Å². The van der Waals surface area contributed by atoms with E-state index in [2.05, 4.69) is 0 Å². The van der Waals surface area contributed by atoms with Gasteiger partial charge in [-0.3, -0.25) is 19.2 Å². The summed E-state index contributed by atoms with van der Waals surface area (Å²) >= 11 is 0. The molecule has 4 nitrogen and oxygen atoms in total. The second kappa shape index (κ2) is 5.42. The Kier molecular flexibility index (Phi) is 4.91. The van der Waals surface area contributed by atoms with Crippen molar-refractivity contribution < 1.29 is 19.2 Å². The first-order valence-electron chi connectivity index (χ1n) is 4.36. The van der Waals surface area contributed by atoms with Gasteiger partial charge < -0.3 is 0 Å². The van der Waals surface area contributed by atoms with Gasteiger partial charge in [0.25, 0.3) is 0 Å². The highest BCUT2D eigenvalue weighted by Crippen LogP contribution is 2.09. The quantitative estimate of drug-likeness (QED) is 0.590. The Morgan fingerprint density at radius 2 is 1.43 bits per heavy atom. The highest BCUT2D eigenvalue weighted by Gasteiger charge is 2.25. The van der Waals surface area contributed by atoms with Gasteiger partial charge in [-0.05, 0) is 20.8 Å². The first kappa shape index (κ1) is 12.7. The third-order valence-corrected chi connectivity index (χ3v) is 1.79. The summed E-state index contributed by atoms with van der Waals surface area (Å²) < 4.78 is 0. The molecule has 0 aromatic heterocycles. The molecule has 14 heavy (non-hydrogen) atoms. The van der Waals surface area contributed by atoms with Gasteiger partial charge in [0, 0.05) is 6.42 Å². The third kappa shape index (κ3) is 4.64. The standard InChI is InChI=1S/C10H14O4/c1-6(11)4-9(8(3)13)10(14)5-7(2)12/h9H,4-5H2,1-3H3. The number of carbonyl (C=O) groups excluding carboxylic acids is 4. The lowest BCUT2D eigenvalue weighted by molar-refractivity contribution is -0.136. The average molecular weight is 198 g/mol. The fourth-order valence-electron chi connectivity index (χ4n) is 1.14. The van der Waals surface area contributed by atoms with Crippen molar-refractivity contribution >= 4 is 23.1 Å². The highest BCUT2D eigenvalue weighted by atomic mass is 16.2. The molecule has 1 atom stereocenters. The minimum absolute atomic E-state index is 0.0958. The molecule has 0 saturated heterocycles. The topological polar surface area (TPSA) is 68.3 Å². The number of rotatable bonds is 6. The van der Waals surface area contributed by atoms with Crippen molar-refractivity contribution in [3.63, 3.8) is 0 Å². The van der Waals surface area contributed by atoms with Crippen LogP contribution in [-0.2, 0) is 19.2 Å². The van der Waals surface area contributed by atoms with Gasteiger partial charge in [-0.15, -0.1) is 0 Å². The molecule has 0 saturated carbocycles. The molecule has 0 aliphatic heterocycles. The molecule has 0 amide bonds. The summed E-state index contributed by atoms with van der Waals surface area (Å²) in [6, 6.07) is 0. The molecule has 0 aliphatic carbocycles. The molecule has 0 heterocycles. The Balaban J connectivity index is 4.49. The summed E-state index contributed by atoms with van der Waals surface area (Å²) in [7, 11) is 0. The molecular weight excluding hydrogens is 184 g/mol. The maximum atomic E-state index is 11.3. The molecule has 0 aromatic carbocycles. The molecule has 0 N–H and O–H groups in total. The van der Waals surface area contributed by atoms with Gasteiger partial charge in [-0.1, -0.05) is 0 Å². The van der Waals surface area contributed by atoms with Crippen molar-refractivity contribution in [3.8, 4) is 0 Å². The van der Waals surface area contributed by atoms with Crippen LogP contribution in [0.15, 0.2) is 0 Å². The zero-order valence-corrected chi connectivity index (χ0v) is 8.62. The lowest BCUT2D eigenvalue weighted by Crippen LogP contribution is -2.25. The van der Waals surface area contributed by atoms with Gasteiger partial charge in [0.1, 0.15) is 17.3 Å². The molecule has 4 heteroatoms. The molecule has 0 bridgehead atoms. The van der Waals surface area contributed by atoms with Crippen LogP contribution in [0.3, 0.4) is 0 Å². The smallest absolute Gasteiger partial charge is 0.151 e. The van der Waals surface area contributed by atoms with Gasteiger partial charge in [0.05, 0.1) is 12.3 Å². The monoisotopic (exact) mass is 198 g/mol. The number of ketones is 4. The molecular formula is C10H14O4. The minimum atomic E-state index is -0.934. The summed E-state index contributed by atoms with van der Waals surface area (Å²) in [6.45, 7) is 3.85. The maximum Gasteiger partial charge on any atom is 0.151 e. The first-order chi connectivity index (χ1) is 6.34. The van der Waals surface area contributed by atoms with E-state index in [0.29, 0.717) is 0 Å². The van der Waals surface area contributed by atoms with Crippen LogP contribution >= 0.6 is 0 Å². The van der Waals surface area contributed by atoms with Gasteiger partial charge in [0.15, 0.2) is 5.78 Å². The van der Waals surface area contributed by atoms with Crippen molar-refractivity contribution in [2.24, 2.45) is 5.92 Å². The maximum absolute atomic E-state index is 11.3. The van der Waals surface area contributed by atoms with Crippen molar-refractivity contribution in [1.29, 1.82) is 0 Å². The van der Waals surface area contributed by atoms with Crippen LogP contribution in [0.4, 0.5) is 0 Å². The van der Waals surface area contributed by atoms with Crippen LogP contribution in [0.25, 0.3) is 0 Å². The fraction of sp³-hybridized carbons (Fsp3) is 0.600. The van der Waals surface area contributed by atoms with Gasteiger partial charge in [-0.2, -0.15) is 0 Å². The predicted octanol–water partition coefficient (Wildman–Crippen LogP) is 0.719. The molecule has 0 spiro atoms. The average Bonchev–Trinajstić information content (AvgIpc) is 1.97. The lowest BCUT2D eigenvalue weighted by Gasteiger charge is -2.08. The van der Waals surface area contributed by atoms with Crippen molar-refractivity contribution in [2.45, 2.75) is 33.6 Å². The third-order valence-electron chi connectivity index (χ3n) is 1.79. The second-order valence-corrected chi connectivity index (χ2v) is 3.41. The van der Waals surface area contributed by atoms with Gasteiger partial charge in [0.2, 0.25) is 0 Å². The van der Waals surface area contributed by atoms with E-state index in [4.69, 9.17) is 0 Å². The van der Waals surface area contributed by atoms with E-state index < -0.39 is 11.7 Å². The number of hydrogen-bond donors (Lipinski definition) is 0. The zero-order valence-electron chi connectivity index (χ0n) is 8.62. The summed E-state index contributed by atoms with van der Waals surface area (Å²) in [6.07, 6.45) is -0.362. The molecule has 0 radical (unpaired) electrons. The van der Waals surface area contributed by atoms with E-state index in [1.807, 2.05) is 0 Å². The normalized spacial score (nSPS) is 11.9. The fourth-order valence-corrected chi connectivity index (χ4v) is 1.14. The van der Waals surface area contributed by atoms with E-state index in [-0.39, 0.29) is 30.2 Å². The Labute approximate surface area is 82.7 Å². The van der Waals surface area contributed by atoms with E-state index in [9.17, 15) is 19.2 Å².